The van der Waals surface area contributed by atoms with Crippen LogP contribution >= 0.6 is 11.6 Å². The molecule has 6 nitrogen and oxygen atoms in total. The van der Waals surface area contributed by atoms with Gasteiger partial charge in [-0.25, -0.2) is 0 Å². The van der Waals surface area contributed by atoms with Gasteiger partial charge in [0.25, 0.3) is 5.69 Å². The number of nitrogens with zero attached hydrogens (tertiary/aromatic N) is 3. The maximum absolute atomic E-state index is 11.8. The summed E-state index contributed by atoms with van der Waals surface area (Å²) in [5.74, 6) is 0.160. The van der Waals surface area contributed by atoms with Gasteiger partial charge in [0.15, 0.2) is 0 Å². The second-order valence-electron chi connectivity index (χ2n) is 5.42. The van der Waals surface area contributed by atoms with Crippen molar-refractivity contribution in [3.63, 3.8) is 0 Å². The Labute approximate surface area is 134 Å². The van der Waals surface area contributed by atoms with Gasteiger partial charge in [-0.05, 0) is 19.4 Å². The molecule has 1 amide bonds. The number of amides is 1. The summed E-state index contributed by atoms with van der Waals surface area (Å²) in [5, 5.41) is 11.3. The van der Waals surface area contributed by atoms with E-state index in [2.05, 4.69) is 4.90 Å². The first-order chi connectivity index (χ1) is 10.4. The molecule has 1 heterocycles. The van der Waals surface area contributed by atoms with Crippen molar-refractivity contribution in [2.75, 3.05) is 31.1 Å². The lowest BCUT2D eigenvalue weighted by atomic mass is 10.1. The molecule has 0 atom stereocenters. The lowest BCUT2D eigenvalue weighted by Crippen LogP contribution is -2.34. The fraction of sp³-hybridized carbons (Fsp3) is 0.533. The van der Waals surface area contributed by atoms with Gasteiger partial charge in [0.2, 0.25) is 5.91 Å². The van der Waals surface area contributed by atoms with E-state index in [0.717, 1.165) is 25.2 Å². The average Bonchev–Trinajstić information content (AvgIpc) is 2.74. The summed E-state index contributed by atoms with van der Waals surface area (Å²) >= 11 is 6.23. The first kappa shape index (κ1) is 16.5. The Morgan fingerprint density at radius 3 is 2.68 bits per heavy atom. The molecule has 22 heavy (non-hydrogen) atoms. The van der Waals surface area contributed by atoms with E-state index >= 15 is 0 Å². The van der Waals surface area contributed by atoms with E-state index in [-0.39, 0.29) is 11.6 Å². The molecule has 0 aromatic heterocycles. The standard InChI is InChI=1S/C15H20ClN3O3/c1-3-15(20)18-6-4-5-17(7-8-18)14-9-11(2)13(19(21)22)10-12(14)16/h9-10H,3-8H2,1-2H3. The van der Waals surface area contributed by atoms with Crippen LogP contribution in [0.25, 0.3) is 0 Å². The van der Waals surface area contributed by atoms with Crippen LogP contribution in [0.4, 0.5) is 11.4 Å². The molecule has 2 rings (SSSR count). The lowest BCUT2D eigenvalue weighted by Gasteiger charge is -2.25. The molecule has 0 N–H and O–H groups in total. The highest BCUT2D eigenvalue weighted by atomic mass is 35.5. The topological polar surface area (TPSA) is 66.7 Å². The smallest absolute Gasteiger partial charge is 0.273 e. The van der Waals surface area contributed by atoms with Crippen LogP contribution in [0.5, 0.6) is 0 Å². The predicted molar refractivity (Wildman–Crippen MR) is 86.5 cm³/mol. The third-order valence-corrected chi connectivity index (χ3v) is 4.26. The zero-order valence-corrected chi connectivity index (χ0v) is 13.6. The minimum Gasteiger partial charge on any atom is -0.368 e. The largest absolute Gasteiger partial charge is 0.368 e. The van der Waals surface area contributed by atoms with Crippen molar-refractivity contribution in [3.8, 4) is 0 Å². The van der Waals surface area contributed by atoms with Crippen molar-refractivity contribution < 1.29 is 9.72 Å². The van der Waals surface area contributed by atoms with Crippen LogP contribution in [0.15, 0.2) is 12.1 Å². The molecule has 0 aliphatic carbocycles. The van der Waals surface area contributed by atoms with Crippen molar-refractivity contribution >= 4 is 28.9 Å². The minimum atomic E-state index is -0.422. The molecule has 0 radical (unpaired) electrons. The van der Waals surface area contributed by atoms with Gasteiger partial charge in [-0.15, -0.1) is 0 Å². The quantitative estimate of drug-likeness (QED) is 0.633. The van der Waals surface area contributed by atoms with Gasteiger partial charge in [-0.2, -0.15) is 0 Å². The first-order valence-electron chi connectivity index (χ1n) is 7.41. The maximum Gasteiger partial charge on any atom is 0.273 e. The van der Waals surface area contributed by atoms with Gasteiger partial charge in [0.1, 0.15) is 0 Å². The Bertz CT molecular complexity index is 592. The number of benzene rings is 1. The second kappa shape index (κ2) is 6.96. The zero-order valence-electron chi connectivity index (χ0n) is 12.8. The van der Waals surface area contributed by atoms with Crippen molar-refractivity contribution in [1.82, 2.24) is 4.90 Å². The number of nitro benzene ring substituents is 1. The van der Waals surface area contributed by atoms with Crippen LogP contribution in [0.1, 0.15) is 25.3 Å². The maximum atomic E-state index is 11.8. The summed E-state index contributed by atoms with van der Waals surface area (Å²) in [4.78, 5) is 26.3. The highest BCUT2D eigenvalue weighted by molar-refractivity contribution is 6.33. The number of rotatable bonds is 3. The van der Waals surface area contributed by atoms with Crippen molar-refractivity contribution in [1.29, 1.82) is 0 Å². The first-order valence-corrected chi connectivity index (χ1v) is 7.79. The second-order valence-corrected chi connectivity index (χ2v) is 5.83. The molecule has 0 unspecified atom stereocenters. The summed E-state index contributed by atoms with van der Waals surface area (Å²) < 4.78 is 0. The van der Waals surface area contributed by atoms with Gasteiger partial charge in [-0.3, -0.25) is 14.9 Å². The molecule has 1 saturated heterocycles. The van der Waals surface area contributed by atoms with Gasteiger partial charge >= 0.3 is 0 Å². The average molecular weight is 326 g/mol. The van der Waals surface area contributed by atoms with E-state index in [1.807, 2.05) is 11.8 Å². The summed E-state index contributed by atoms with van der Waals surface area (Å²) in [6.45, 7) is 6.43. The van der Waals surface area contributed by atoms with Gasteiger partial charge in [-0.1, -0.05) is 18.5 Å². The molecule has 120 valence electrons. The van der Waals surface area contributed by atoms with Gasteiger partial charge < -0.3 is 9.80 Å². The van der Waals surface area contributed by atoms with Crippen molar-refractivity contribution in [2.24, 2.45) is 0 Å². The Balaban J connectivity index is 2.20. The van der Waals surface area contributed by atoms with Crippen LogP contribution in [0.2, 0.25) is 5.02 Å². The normalized spacial score (nSPS) is 15.6. The number of carbonyl (C=O) groups excluding carboxylic acids is 1. The van der Waals surface area contributed by atoms with Crippen LogP contribution < -0.4 is 4.90 Å². The van der Waals surface area contributed by atoms with Crippen molar-refractivity contribution in [3.05, 3.63) is 32.8 Å². The van der Waals surface area contributed by atoms with Gasteiger partial charge in [0, 0.05) is 44.2 Å². The molecular weight excluding hydrogens is 306 g/mol. The highest BCUT2D eigenvalue weighted by Crippen LogP contribution is 2.33. The molecule has 1 aromatic carbocycles. The number of hydrogen-bond donors (Lipinski definition) is 0. The third kappa shape index (κ3) is 3.50. The van der Waals surface area contributed by atoms with Crippen LogP contribution in [0, 0.1) is 17.0 Å². The number of hydrogen-bond acceptors (Lipinski definition) is 4. The number of halogens is 1. The zero-order chi connectivity index (χ0) is 16.3. The van der Waals surface area contributed by atoms with Crippen LogP contribution in [-0.4, -0.2) is 41.9 Å². The Hall–Kier alpha value is -1.82. The number of aryl methyl sites for hydroxylation is 1. The fourth-order valence-corrected chi connectivity index (χ4v) is 3.00. The molecule has 1 aromatic rings. The SMILES string of the molecule is CCC(=O)N1CCCN(c2cc(C)c([N+](=O)[O-])cc2Cl)CC1. The van der Waals surface area contributed by atoms with E-state index in [4.69, 9.17) is 11.6 Å². The number of anilines is 1. The van der Waals surface area contributed by atoms with Crippen LogP contribution in [-0.2, 0) is 4.79 Å². The summed E-state index contributed by atoms with van der Waals surface area (Å²) in [6.07, 6.45) is 1.37. The van der Waals surface area contributed by atoms with Crippen LogP contribution in [0.3, 0.4) is 0 Å². The summed E-state index contributed by atoms with van der Waals surface area (Å²) in [6, 6.07) is 3.17. The number of nitro groups is 1. The van der Waals surface area contributed by atoms with Crippen molar-refractivity contribution in [2.45, 2.75) is 26.7 Å². The molecule has 1 aliphatic heterocycles. The van der Waals surface area contributed by atoms with Gasteiger partial charge in [0.05, 0.1) is 15.6 Å². The molecule has 1 fully saturated rings. The van der Waals surface area contributed by atoms with E-state index in [1.54, 1.807) is 13.0 Å². The Kier molecular flexibility index (Phi) is 5.24. The molecule has 0 saturated carbocycles. The Morgan fingerprint density at radius 1 is 1.32 bits per heavy atom. The summed E-state index contributed by atoms with van der Waals surface area (Å²) in [5.41, 5.74) is 1.43. The monoisotopic (exact) mass is 325 g/mol. The molecular formula is C15H20ClN3O3. The summed E-state index contributed by atoms with van der Waals surface area (Å²) in [7, 11) is 0. The molecule has 1 aliphatic rings. The third-order valence-electron chi connectivity index (χ3n) is 3.95. The fourth-order valence-electron chi connectivity index (χ4n) is 2.73. The Morgan fingerprint density at radius 2 is 2.05 bits per heavy atom. The lowest BCUT2D eigenvalue weighted by molar-refractivity contribution is -0.385. The minimum absolute atomic E-state index is 0.0337. The molecule has 0 bridgehead atoms. The predicted octanol–water partition coefficient (Wildman–Crippen LogP) is 3.01. The highest BCUT2D eigenvalue weighted by Gasteiger charge is 2.22. The van der Waals surface area contributed by atoms with E-state index in [1.165, 1.54) is 6.07 Å². The van der Waals surface area contributed by atoms with E-state index in [9.17, 15) is 14.9 Å². The van der Waals surface area contributed by atoms with E-state index in [0.29, 0.717) is 30.1 Å². The number of carbonyl (C=O) groups is 1. The molecule has 0 spiro atoms. The van der Waals surface area contributed by atoms with E-state index < -0.39 is 4.92 Å². The molecule has 7 heteroatoms.